The summed E-state index contributed by atoms with van der Waals surface area (Å²) in [4.78, 5) is 4.20. The Morgan fingerprint density at radius 1 is 1.17 bits per heavy atom. The molecular formula is C20H22N2S2. The lowest BCUT2D eigenvalue weighted by molar-refractivity contribution is 0.424. The smallest absolute Gasteiger partial charge is 0.0402 e. The molecular weight excluding hydrogens is 332 g/mol. The van der Waals surface area contributed by atoms with Gasteiger partial charge in [-0.05, 0) is 55.9 Å². The number of hydrogen-bond acceptors (Lipinski definition) is 4. The third kappa shape index (κ3) is 2.45. The molecule has 4 N–H and O–H groups in total. The quantitative estimate of drug-likeness (QED) is 0.616. The molecule has 2 heterocycles. The van der Waals surface area contributed by atoms with Gasteiger partial charge in [0.15, 0.2) is 0 Å². The van der Waals surface area contributed by atoms with Crippen LogP contribution >= 0.6 is 22.7 Å². The van der Waals surface area contributed by atoms with Crippen LogP contribution < -0.4 is 11.5 Å². The van der Waals surface area contributed by atoms with Crippen LogP contribution in [-0.4, -0.2) is 0 Å². The third-order valence-corrected chi connectivity index (χ3v) is 7.35. The first-order valence-corrected chi connectivity index (χ1v) is 9.84. The van der Waals surface area contributed by atoms with E-state index in [0.717, 1.165) is 24.2 Å². The lowest BCUT2D eigenvalue weighted by Crippen LogP contribution is -2.25. The lowest BCUT2D eigenvalue weighted by Gasteiger charge is -2.30. The second-order valence-electron chi connectivity index (χ2n) is 7.16. The molecule has 2 nitrogen and oxygen atoms in total. The number of nitrogen functional groups attached to an aromatic ring is 1. The van der Waals surface area contributed by atoms with Crippen LogP contribution in [0, 0.1) is 19.3 Å². The van der Waals surface area contributed by atoms with Crippen LogP contribution in [0.25, 0.3) is 15.8 Å². The summed E-state index contributed by atoms with van der Waals surface area (Å²) in [6, 6.07) is 8.41. The molecule has 0 saturated carbocycles. The number of aryl methyl sites for hydroxylation is 1. The summed E-state index contributed by atoms with van der Waals surface area (Å²) in [6.07, 6.45) is 4.34. The molecule has 1 aliphatic carbocycles. The summed E-state index contributed by atoms with van der Waals surface area (Å²) in [7, 11) is 0. The summed E-state index contributed by atoms with van der Waals surface area (Å²) in [5, 5.41) is 1.18. The van der Waals surface area contributed by atoms with E-state index in [1.807, 2.05) is 34.8 Å². The molecule has 0 spiro atoms. The Hall–Kier alpha value is -1.78. The number of nitrogens with two attached hydrogens (primary N) is 2. The number of allylic oxidation sites excluding steroid dienone is 1. The molecule has 2 aromatic heterocycles. The maximum Gasteiger partial charge on any atom is 0.0402 e. The zero-order valence-corrected chi connectivity index (χ0v) is 15.9. The second kappa shape index (κ2) is 5.36. The standard InChI is InChI=1S/C20H22N2S2/c1-11-12(2)23-18-10-20(3,9-16(22)19(11)18)8-13-7-14-15(21)5-4-6-17(14)24-13/h4-7,9H,8,10,21-22H2,1-3H3. The fraction of sp³-hybridized carbons (Fsp3) is 0.300. The highest BCUT2D eigenvalue weighted by atomic mass is 32.1. The van der Waals surface area contributed by atoms with Crippen molar-refractivity contribution in [3.05, 3.63) is 56.1 Å². The van der Waals surface area contributed by atoms with Crippen molar-refractivity contribution in [1.82, 2.24) is 0 Å². The average molecular weight is 355 g/mol. The van der Waals surface area contributed by atoms with Crippen LogP contribution in [-0.2, 0) is 12.8 Å². The van der Waals surface area contributed by atoms with Crippen molar-refractivity contribution in [2.24, 2.45) is 11.1 Å². The van der Waals surface area contributed by atoms with Crippen molar-refractivity contribution in [1.29, 1.82) is 0 Å². The Labute approximate surface area is 150 Å². The van der Waals surface area contributed by atoms with Gasteiger partial charge in [-0.15, -0.1) is 22.7 Å². The number of anilines is 1. The van der Waals surface area contributed by atoms with E-state index in [2.05, 4.69) is 39.0 Å². The van der Waals surface area contributed by atoms with Gasteiger partial charge >= 0.3 is 0 Å². The van der Waals surface area contributed by atoms with Gasteiger partial charge in [0.2, 0.25) is 0 Å². The van der Waals surface area contributed by atoms with Gasteiger partial charge in [0.25, 0.3) is 0 Å². The second-order valence-corrected chi connectivity index (χ2v) is 9.64. The number of fused-ring (bicyclic) bond motifs is 2. The first-order valence-electron chi connectivity index (χ1n) is 8.21. The van der Waals surface area contributed by atoms with Gasteiger partial charge in [-0.1, -0.05) is 19.1 Å². The van der Waals surface area contributed by atoms with E-state index in [-0.39, 0.29) is 5.41 Å². The molecule has 0 bridgehead atoms. The van der Waals surface area contributed by atoms with Crippen molar-refractivity contribution < 1.29 is 0 Å². The minimum absolute atomic E-state index is 0.0659. The van der Waals surface area contributed by atoms with Gasteiger partial charge in [-0.3, -0.25) is 0 Å². The molecule has 0 aliphatic heterocycles. The van der Waals surface area contributed by atoms with Gasteiger partial charge in [0.05, 0.1) is 0 Å². The summed E-state index contributed by atoms with van der Waals surface area (Å²) >= 11 is 3.75. The van der Waals surface area contributed by atoms with E-state index >= 15 is 0 Å². The van der Waals surface area contributed by atoms with Gasteiger partial charge in [-0.2, -0.15) is 0 Å². The summed E-state index contributed by atoms with van der Waals surface area (Å²) in [5.41, 5.74) is 17.1. The fourth-order valence-electron chi connectivity index (χ4n) is 3.80. The van der Waals surface area contributed by atoms with E-state index in [0.29, 0.717) is 0 Å². The van der Waals surface area contributed by atoms with Gasteiger partial charge in [-0.25, -0.2) is 0 Å². The molecule has 0 radical (unpaired) electrons. The van der Waals surface area contributed by atoms with Crippen molar-refractivity contribution in [3.63, 3.8) is 0 Å². The van der Waals surface area contributed by atoms with E-state index in [9.17, 15) is 0 Å². The Bertz CT molecular complexity index is 977. The van der Waals surface area contributed by atoms with Crippen molar-refractivity contribution in [3.8, 4) is 0 Å². The van der Waals surface area contributed by atoms with Crippen LogP contribution in [0.3, 0.4) is 0 Å². The minimum atomic E-state index is 0.0659. The molecule has 124 valence electrons. The Kier molecular flexibility index (Phi) is 3.52. The Morgan fingerprint density at radius 3 is 2.71 bits per heavy atom. The molecule has 24 heavy (non-hydrogen) atoms. The first kappa shape index (κ1) is 15.7. The van der Waals surface area contributed by atoms with Crippen LogP contribution in [0.1, 0.15) is 32.7 Å². The SMILES string of the molecule is Cc1sc2c(c1C)C(N)=CC(C)(Cc1cc3c(N)cccc3s1)C2. The predicted molar refractivity (Wildman–Crippen MR) is 108 cm³/mol. The monoisotopic (exact) mass is 354 g/mol. The van der Waals surface area contributed by atoms with Crippen molar-refractivity contribution >= 4 is 44.1 Å². The first-order chi connectivity index (χ1) is 11.4. The molecule has 1 aromatic carbocycles. The Balaban J connectivity index is 1.71. The molecule has 1 atom stereocenters. The molecule has 0 fully saturated rings. The van der Waals surface area contributed by atoms with Crippen LogP contribution in [0.2, 0.25) is 0 Å². The average Bonchev–Trinajstić information content (AvgIpc) is 3.00. The normalized spacial score (nSPS) is 20.2. The topological polar surface area (TPSA) is 52.0 Å². The van der Waals surface area contributed by atoms with E-state index in [1.165, 1.54) is 35.8 Å². The maximum absolute atomic E-state index is 6.44. The van der Waals surface area contributed by atoms with E-state index in [4.69, 9.17) is 11.5 Å². The number of rotatable bonds is 2. The van der Waals surface area contributed by atoms with Crippen molar-refractivity contribution in [2.45, 2.75) is 33.6 Å². The lowest BCUT2D eigenvalue weighted by atomic mass is 9.76. The van der Waals surface area contributed by atoms with Crippen LogP contribution in [0.4, 0.5) is 5.69 Å². The maximum atomic E-state index is 6.44. The summed E-state index contributed by atoms with van der Waals surface area (Å²) in [5.74, 6) is 0. The Morgan fingerprint density at radius 2 is 1.96 bits per heavy atom. The van der Waals surface area contributed by atoms with Gasteiger partial charge in [0.1, 0.15) is 0 Å². The third-order valence-electron chi connectivity index (χ3n) is 5.04. The zero-order valence-electron chi connectivity index (χ0n) is 14.3. The largest absolute Gasteiger partial charge is 0.398 e. The summed E-state index contributed by atoms with van der Waals surface area (Å²) < 4.78 is 1.27. The molecule has 1 aliphatic rings. The highest BCUT2D eigenvalue weighted by molar-refractivity contribution is 7.19. The van der Waals surface area contributed by atoms with Crippen LogP contribution in [0.15, 0.2) is 30.3 Å². The highest BCUT2D eigenvalue weighted by Crippen LogP contribution is 2.44. The van der Waals surface area contributed by atoms with E-state index in [1.54, 1.807) is 0 Å². The number of benzene rings is 1. The van der Waals surface area contributed by atoms with Gasteiger partial charge in [0, 0.05) is 41.7 Å². The minimum Gasteiger partial charge on any atom is -0.398 e. The zero-order chi connectivity index (χ0) is 17.1. The summed E-state index contributed by atoms with van der Waals surface area (Å²) in [6.45, 7) is 6.70. The molecule has 3 aromatic rings. The van der Waals surface area contributed by atoms with Crippen molar-refractivity contribution in [2.75, 3.05) is 5.73 Å². The molecule has 0 saturated heterocycles. The number of thiophene rings is 2. The van der Waals surface area contributed by atoms with E-state index < -0.39 is 0 Å². The molecule has 4 rings (SSSR count). The van der Waals surface area contributed by atoms with Crippen LogP contribution in [0.5, 0.6) is 0 Å². The molecule has 0 amide bonds. The fourth-order valence-corrected chi connectivity index (χ4v) is 6.49. The highest BCUT2D eigenvalue weighted by Gasteiger charge is 2.32. The molecule has 1 unspecified atom stereocenters. The van der Waals surface area contributed by atoms with Gasteiger partial charge < -0.3 is 11.5 Å². The predicted octanol–water partition coefficient (Wildman–Crippen LogP) is 5.27. The number of hydrogen-bond donors (Lipinski definition) is 2. The molecule has 4 heteroatoms.